The molecule has 27 heteroatoms. The Morgan fingerprint density at radius 3 is 2.10 bits per heavy atom. The first-order valence-corrected chi connectivity index (χ1v) is 20.2. The molecule has 5 rings (SSSR count). The number of carbonyl (C=O) groups is 3. The van der Waals surface area contributed by atoms with Crippen LogP contribution >= 0.6 is 24.1 Å². The molecule has 6 N–H and O–H groups in total. The fourth-order valence-electron chi connectivity index (χ4n) is 5.47. The van der Waals surface area contributed by atoms with Gasteiger partial charge >= 0.3 is 0 Å². The molecule has 1 fully saturated rings. The molecule has 3 aromatic rings. The summed E-state index contributed by atoms with van der Waals surface area (Å²) in [6.07, 6.45) is 6.79. The Morgan fingerprint density at radius 2 is 1.57 bits per heavy atom. The van der Waals surface area contributed by atoms with Crippen molar-refractivity contribution in [2.45, 2.75) is 32.4 Å². The molecule has 23 nitrogen and oxygen atoms in total. The van der Waals surface area contributed by atoms with E-state index < -0.39 is 64.8 Å². The second-order valence-corrected chi connectivity index (χ2v) is 15.7. The molecule has 3 amide bonds. The number of nitrogens with zero attached hydrogens (tertiary/aromatic N) is 6. The van der Waals surface area contributed by atoms with Gasteiger partial charge in [-0.15, -0.1) is 8.67 Å². The molecule has 0 unspecified atom stereocenters. The van der Waals surface area contributed by atoms with Gasteiger partial charge in [-0.3, -0.25) is 28.5 Å². The SMILES string of the molecule is CN=CC1=NN(c2cc(SOOO)ccc2S(=O)(=O)O)C(=O)C1=CC=C(C=Cc1c(C(=O)NC)nn(-c2cc(SOOO)ccc2S(=O)(=O)O)c1O)N1CCCC1=O. The highest BCUT2D eigenvalue weighted by atomic mass is 32.2. The number of anilines is 1. The summed E-state index contributed by atoms with van der Waals surface area (Å²) in [5, 5.41) is 46.9. The normalized spacial score (nSPS) is 16.1. The number of aromatic nitrogens is 2. The molecule has 0 atom stereocenters. The summed E-state index contributed by atoms with van der Waals surface area (Å²) in [6, 6.07) is 6.42. The van der Waals surface area contributed by atoms with Crippen molar-refractivity contribution in [2.75, 3.05) is 25.6 Å². The number of benzene rings is 2. The number of hydrogen-bond acceptors (Lipinski definition) is 19. The van der Waals surface area contributed by atoms with Crippen molar-refractivity contribution in [2.24, 2.45) is 10.1 Å². The lowest BCUT2D eigenvalue weighted by Crippen LogP contribution is -2.24. The van der Waals surface area contributed by atoms with E-state index >= 15 is 0 Å². The van der Waals surface area contributed by atoms with Gasteiger partial charge in [-0.2, -0.15) is 36.7 Å². The lowest BCUT2D eigenvalue weighted by atomic mass is 10.1. The van der Waals surface area contributed by atoms with E-state index in [9.17, 15) is 45.4 Å². The van der Waals surface area contributed by atoms with Crippen LogP contribution in [0.1, 0.15) is 28.9 Å². The number of rotatable bonds is 16. The average molecular weight is 884 g/mol. The largest absolute Gasteiger partial charge is 0.493 e. The maximum Gasteiger partial charge on any atom is 0.296 e. The minimum atomic E-state index is -4.97. The number of hydrogen-bond donors (Lipinski definition) is 6. The number of hydrazone groups is 1. The zero-order valence-electron chi connectivity index (χ0n) is 29.5. The molecule has 0 aliphatic carbocycles. The van der Waals surface area contributed by atoms with Gasteiger partial charge in [0.2, 0.25) is 11.8 Å². The molecule has 1 saturated heterocycles. The van der Waals surface area contributed by atoms with Gasteiger partial charge in [0.25, 0.3) is 32.1 Å². The number of aromatic hydroxyl groups is 1. The van der Waals surface area contributed by atoms with E-state index in [1.807, 2.05) is 0 Å². The first kappa shape index (κ1) is 43.8. The van der Waals surface area contributed by atoms with Crippen LogP contribution < -0.4 is 10.3 Å². The highest BCUT2D eigenvalue weighted by molar-refractivity contribution is 7.94. The van der Waals surface area contributed by atoms with Crippen LogP contribution in [0.25, 0.3) is 11.8 Å². The maximum absolute atomic E-state index is 13.9. The Kier molecular flexibility index (Phi) is 14.0. The van der Waals surface area contributed by atoms with Crippen LogP contribution in [0.15, 0.2) is 95.6 Å². The third-order valence-electron chi connectivity index (χ3n) is 7.92. The van der Waals surface area contributed by atoms with Gasteiger partial charge in [0.05, 0.1) is 46.6 Å². The Morgan fingerprint density at radius 1 is 0.966 bits per heavy atom. The summed E-state index contributed by atoms with van der Waals surface area (Å²) in [5.74, 6) is -2.92. The van der Waals surface area contributed by atoms with Crippen LogP contribution in [0.4, 0.5) is 5.69 Å². The van der Waals surface area contributed by atoms with Crippen molar-refractivity contribution in [3.8, 4) is 11.6 Å². The summed E-state index contributed by atoms with van der Waals surface area (Å²) in [4.78, 5) is 43.8. The van der Waals surface area contributed by atoms with Crippen molar-refractivity contribution >= 4 is 85.7 Å². The molecule has 2 aliphatic heterocycles. The van der Waals surface area contributed by atoms with Crippen molar-refractivity contribution in [3.05, 3.63) is 77.2 Å². The van der Waals surface area contributed by atoms with Crippen LogP contribution in [0.3, 0.4) is 0 Å². The first-order chi connectivity index (χ1) is 27.5. The molecule has 0 radical (unpaired) electrons. The molecule has 0 saturated carbocycles. The van der Waals surface area contributed by atoms with Crippen LogP contribution in [0, 0.1) is 0 Å². The fraction of sp³-hybridized carbons (Fsp3) is 0.161. The van der Waals surface area contributed by atoms with E-state index in [0.717, 1.165) is 24.3 Å². The number of allylic oxidation sites excluding steroid dienone is 3. The Balaban J connectivity index is 1.64. The Hall–Kier alpha value is -5.30. The van der Waals surface area contributed by atoms with Crippen LogP contribution in [0.5, 0.6) is 5.88 Å². The second kappa shape index (κ2) is 18.5. The minimum absolute atomic E-state index is 0.0814. The molecule has 3 heterocycles. The molecule has 0 spiro atoms. The van der Waals surface area contributed by atoms with Gasteiger partial charge in [-0.25, -0.2) is 10.5 Å². The van der Waals surface area contributed by atoms with Gasteiger partial charge in [-0.05, 0) is 67.1 Å². The third-order valence-corrected chi connectivity index (χ3v) is 10.9. The lowest BCUT2D eigenvalue weighted by Gasteiger charge is -2.17. The lowest BCUT2D eigenvalue weighted by molar-refractivity contribution is -0.432. The zero-order chi connectivity index (χ0) is 42.4. The van der Waals surface area contributed by atoms with Crippen molar-refractivity contribution in [1.29, 1.82) is 0 Å². The topological polar surface area (TPSA) is 319 Å². The van der Waals surface area contributed by atoms with Crippen LogP contribution in [-0.2, 0) is 48.6 Å². The first-order valence-electron chi connectivity index (χ1n) is 15.9. The number of aliphatic imine (C=N–C) groups is 1. The average Bonchev–Trinajstić information content (AvgIpc) is 3.85. The summed E-state index contributed by atoms with van der Waals surface area (Å²) in [6.45, 7) is 0.201. The second-order valence-electron chi connectivity index (χ2n) is 11.4. The number of carbonyl (C=O) groups excluding carboxylic acids is 3. The van der Waals surface area contributed by atoms with Gasteiger partial charge in [0.1, 0.15) is 15.5 Å². The molecular weight excluding hydrogens is 855 g/mol. The van der Waals surface area contributed by atoms with Crippen LogP contribution in [0.2, 0.25) is 0 Å². The predicted molar refractivity (Wildman–Crippen MR) is 201 cm³/mol. The summed E-state index contributed by atoms with van der Waals surface area (Å²) in [7, 11) is -7.28. The van der Waals surface area contributed by atoms with Crippen molar-refractivity contribution in [1.82, 2.24) is 20.0 Å². The standard InChI is InChI=1S/C31H29N7O16S4/c1-32-16-22-20(30(41)37(34-22)23-14-18(55-53-51-43)7-11-25(23)57(45,46)47)9-5-17(36-13-3-4-27(36)39)6-10-21-28(29(40)33-2)35-38(31(21)42)24-15-19(56-54-52-44)8-12-26(24)58(48,49)50/h5-12,14-16,42-44H,3-4,13H2,1-2H3,(H,33,40)(H,45,46,47)(H,48,49,50). The smallest absolute Gasteiger partial charge is 0.296 e. The predicted octanol–water partition coefficient (Wildman–Crippen LogP) is 2.84. The monoisotopic (exact) mass is 883 g/mol. The van der Waals surface area contributed by atoms with Gasteiger partial charge in [-0.1, -0.05) is 10.1 Å². The van der Waals surface area contributed by atoms with E-state index in [2.05, 4.69) is 39.3 Å². The van der Waals surface area contributed by atoms with Gasteiger partial charge in [0, 0.05) is 48.8 Å². The summed E-state index contributed by atoms with van der Waals surface area (Å²) < 4.78 is 78.5. The number of nitrogens with one attached hydrogen (secondary N) is 1. The van der Waals surface area contributed by atoms with Gasteiger partial charge < -0.3 is 15.3 Å². The molecule has 58 heavy (non-hydrogen) atoms. The molecule has 308 valence electrons. The van der Waals surface area contributed by atoms with E-state index in [-0.39, 0.29) is 51.2 Å². The Labute approximate surface area is 336 Å². The summed E-state index contributed by atoms with van der Waals surface area (Å²) >= 11 is 0.844. The van der Waals surface area contributed by atoms with Gasteiger partial charge in [0.15, 0.2) is 5.69 Å². The van der Waals surface area contributed by atoms with E-state index in [0.29, 0.717) is 40.2 Å². The van der Waals surface area contributed by atoms with E-state index in [1.165, 1.54) is 61.6 Å². The number of likely N-dealkylation sites (tertiary alicyclic amines) is 1. The fourth-order valence-corrected chi connectivity index (χ4v) is 7.55. The number of amides is 3. The molecule has 0 bridgehead atoms. The quantitative estimate of drug-likeness (QED) is 0.0229. The van der Waals surface area contributed by atoms with Crippen LogP contribution in [-0.4, -0.2) is 107 Å². The maximum atomic E-state index is 13.9. The third kappa shape index (κ3) is 9.69. The van der Waals surface area contributed by atoms with E-state index in [4.69, 9.17) is 10.5 Å². The minimum Gasteiger partial charge on any atom is -0.493 e. The highest BCUT2D eigenvalue weighted by Crippen LogP contribution is 2.36. The highest BCUT2D eigenvalue weighted by Gasteiger charge is 2.34. The Bertz CT molecular complexity index is 2520. The molecule has 2 aliphatic rings. The molecule has 1 aromatic heterocycles. The molecular formula is C31H29N7O16S4. The van der Waals surface area contributed by atoms with Crippen molar-refractivity contribution in [3.63, 3.8) is 0 Å². The summed E-state index contributed by atoms with van der Waals surface area (Å²) in [5.41, 5.74) is -1.79. The van der Waals surface area contributed by atoms with E-state index in [1.54, 1.807) is 0 Å². The zero-order valence-corrected chi connectivity index (χ0v) is 32.8. The van der Waals surface area contributed by atoms with Crippen molar-refractivity contribution < 1.29 is 74.7 Å². The molecule has 2 aromatic carbocycles.